The van der Waals surface area contributed by atoms with Gasteiger partial charge in [-0.3, -0.25) is 13.9 Å². The minimum Gasteiger partial charge on any atom is -0.350 e. The van der Waals surface area contributed by atoms with E-state index in [-0.39, 0.29) is 43.4 Å². The lowest BCUT2D eigenvalue weighted by Gasteiger charge is -2.32. The molecule has 0 saturated heterocycles. The number of hydrogen-bond acceptors (Lipinski definition) is 4. The van der Waals surface area contributed by atoms with Crippen molar-refractivity contribution >= 4 is 27.5 Å². The number of carbonyl (C=O) groups excluding carboxylic acids is 2. The van der Waals surface area contributed by atoms with E-state index in [0.717, 1.165) is 33.8 Å². The van der Waals surface area contributed by atoms with Gasteiger partial charge in [-0.1, -0.05) is 29.8 Å². The van der Waals surface area contributed by atoms with E-state index in [9.17, 15) is 26.8 Å². The Bertz CT molecular complexity index is 1180. The SMILES string of the molecule is Cc1ccc(CN(C(=O)CCCN(c2ccc(F)c(F)c2)S(C)(=O)=O)[C@H](C)C(=O)NC(C)(C)C)cc1. The number of hydrogen-bond donors (Lipinski definition) is 1. The Morgan fingerprint density at radius 3 is 2.17 bits per heavy atom. The molecule has 0 spiro atoms. The molecule has 1 N–H and O–H groups in total. The summed E-state index contributed by atoms with van der Waals surface area (Å²) in [6.45, 7) is 9.24. The molecule has 198 valence electrons. The van der Waals surface area contributed by atoms with Gasteiger partial charge in [-0.05, 0) is 58.7 Å². The Kier molecular flexibility index (Phi) is 9.59. The second-order valence-corrected chi connectivity index (χ2v) is 11.9. The summed E-state index contributed by atoms with van der Waals surface area (Å²) in [5.41, 5.74) is 1.40. The topological polar surface area (TPSA) is 86.8 Å². The van der Waals surface area contributed by atoms with Gasteiger partial charge in [0.05, 0.1) is 11.9 Å². The van der Waals surface area contributed by atoms with Gasteiger partial charge in [0, 0.05) is 31.1 Å². The molecule has 0 aliphatic heterocycles. The van der Waals surface area contributed by atoms with Crippen LogP contribution in [0.15, 0.2) is 42.5 Å². The number of anilines is 1. The van der Waals surface area contributed by atoms with E-state index in [4.69, 9.17) is 0 Å². The highest BCUT2D eigenvalue weighted by molar-refractivity contribution is 7.92. The summed E-state index contributed by atoms with van der Waals surface area (Å²) in [7, 11) is -3.81. The van der Waals surface area contributed by atoms with Gasteiger partial charge >= 0.3 is 0 Å². The Labute approximate surface area is 212 Å². The molecule has 0 saturated carbocycles. The molecule has 2 rings (SSSR count). The van der Waals surface area contributed by atoms with Crippen molar-refractivity contribution in [3.63, 3.8) is 0 Å². The van der Waals surface area contributed by atoms with Crippen molar-refractivity contribution in [1.82, 2.24) is 10.2 Å². The van der Waals surface area contributed by atoms with Crippen LogP contribution < -0.4 is 9.62 Å². The van der Waals surface area contributed by atoms with Crippen molar-refractivity contribution < 1.29 is 26.8 Å². The second kappa shape index (κ2) is 11.8. The van der Waals surface area contributed by atoms with E-state index in [1.54, 1.807) is 6.92 Å². The van der Waals surface area contributed by atoms with Gasteiger partial charge in [0.25, 0.3) is 0 Å². The summed E-state index contributed by atoms with van der Waals surface area (Å²) in [4.78, 5) is 27.6. The van der Waals surface area contributed by atoms with Gasteiger partial charge in [0.2, 0.25) is 21.8 Å². The zero-order valence-electron chi connectivity index (χ0n) is 21.6. The summed E-state index contributed by atoms with van der Waals surface area (Å²) in [6.07, 6.45) is 1.02. The molecule has 2 aromatic rings. The van der Waals surface area contributed by atoms with Crippen LogP contribution in [0.25, 0.3) is 0 Å². The molecule has 0 unspecified atom stereocenters. The van der Waals surface area contributed by atoms with Crippen LogP contribution in [-0.2, 0) is 26.2 Å². The number of halogens is 2. The lowest BCUT2D eigenvalue weighted by Crippen LogP contribution is -2.52. The third-order valence-electron chi connectivity index (χ3n) is 5.48. The van der Waals surface area contributed by atoms with E-state index >= 15 is 0 Å². The summed E-state index contributed by atoms with van der Waals surface area (Å²) in [5.74, 6) is -2.88. The number of carbonyl (C=O) groups is 2. The molecular weight excluding hydrogens is 488 g/mol. The average Bonchev–Trinajstić information content (AvgIpc) is 2.75. The first-order chi connectivity index (χ1) is 16.6. The van der Waals surface area contributed by atoms with E-state index in [2.05, 4.69) is 5.32 Å². The molecule has 0 fully saturated rings. The highest BCUT2D eigenvalue weighted by atomic mass is 32.2. The van der Waals surface area contributed by atoms with Crippen molar-refractivity contribution in [3.05, 3.63) is 65.2 Å². The van der Waals surface area contributed by atoms with Gasteiger partial charge < -0.3 is 10.2 Å². The average molecular weight is 524 g/mol. The van der Waals surface area contributed by atoms with Crippen molar-refractivity contribution in [2.75, 3.05) is 17.1 Å². The molecule has 0 aliphatic carbocycles. The lowest BCUT2D eigenvalue weighted by atomic mass is 10.1. The standard InChI is InChI=1S/C26H35F2N3O4S/c1-18-9-11-20(12-10-18)17-30(19(2)25(33)29-26(3,4)5)24(32)8-7-15-31(36(6,34)35)21-13-14-22(27)23(28)16-21/h9-14,16,19H,7-8,15,17H2,1-6H3,(H,29,33)/t19-/m1/s1. The number of benzene rings is 2. The van der Waals surface area contributed by atoms with Crippen molar-refractivity contribution in [3.8, 4) is 0 Å². The highest BCUT2D eigenvalue weighted by Gasteiger charge is 2.28. The van der Waals surface area contributed by atoms with E-state index < -0.39 is 33.2 Å². The molecule has 0 heterocycles. The maximum absolute atomic E-state index is 13.7. The molecule has 0 radical (unpaired) electrons. The summed E-state index contributed by atoms with van der Waals surface area (Å²) < 4.78 is 52.6. The van der Waals surface area contributed by atoms with Gasteiger partial charge in [-0.25, -0.2) is 17.2 Å². The zero-order valence-corrected chi connectivity index (χ0v) is 22.5. The van der Waals surface area contributed by atoms with E-state index in [0.29, 0.717) is 0 Å². The normalized spacial score (nSPS) is 12.7. The molecular formula is C26H35F2N3O4S. The van der Waals surface area contributed by atoms with Crippen LogP contribution in [0.2, 0.25) is 0 Å². The maximum Gasteiger partial charge on any atom is 0.242 e. The maximum atomic E-state index is 13.7. The van der Waals surface area contributed by atoms with Crippen LogP contribution in [0.3, 0.4) is 0 Å². The monoisotopic (exact) mass is 523 g/mol. The lowest BCUT2D eigenvalue weighted by molar-refractivity contribution is -0.141. The minimum absolute atomic E-state index is 0.0294. The van der Waals surface area contributed by atoms with Crippen LogP contribution in [0.5, 0.6) is 0 Å². The first kappa shape index (κ1) is 29.2. The van der Waals surface area contributed by atoms with Crippen LogP contribution in [0.1, 0.15) is 51.7 Å². The fraction of sp³-hybridized carbons (Fsp3) is 0.462. The zero-order chi connectivity index (χ0) is 27.3. The van der Waals surface area contributed by atoms with Gasteiger partial charge in [0.15, 0.2) is 11.6 Å². The predicted octanol–water partition coefficient (Wildman–Crippen LogP) is 4.15. The molecule has 36 heavy (non-hydrogen) atoms. The molecule has 0 bridgehead atoms. The first-order valence-corrected chi connectivity index (χ1v) is 13.5. The van der Waals surface area contributed by atoms with Crippen molar-refractivity contribution in [2.24, 2.45) is 0 Å². The fourth-order valence-corrected chi connectivity index (χ4v) is 4.55. The largest absolute Gasteiger partial charge is 0.350 e. The Morgan fingerprint density at radius 1 is 1.03 bits per heavy atom. The molecule has 0 aliphatic rings. The molecule has 0 aromatic heterocycles. The number of nitrogens with zero attached hydrogens (tertiary/aromatic N) is 2. The highest BCUT2D eigenvalue weighted by Crippen LogP contribution is 2.22. The third kappa shape index (κ3) is 8.58. The smallest absolute Gasteiger partial charge is 0.242 e. The first-order valence-electron chi connectivity index (χ1n) is 11.7. The second-order valence-electron chi connectivity index (χ2n) is 9.96. The molecule has 7 nitrogen and oxygen atoms in total. The minimum atomic E-state index is -3.81. The Balaban J connectivity index is 2.20. The number of aryl methyl sites for hydroxylation is 1. The van der Waals surface area contributed by atoms with Crippen LogP contribution in [-0.4, -0.2) is 49.5 Å². The molecule has 2 aromatic carbocycles. The molecule has 1 atom stereocenters. The fourth-order valence-electron chi connectivity index (χ4n) is 3.59. The van der Waals surface area contributed by atoms with Gasteiger partial charge in [-0.2, -0.15) is 0 Å². The predicted molar refractivity (Wildman–Crippen MR) is 137 cm³/mol. The number of nitrogens with one attached hydrogen (secondary N) is 1. The number of rotatable bonds is 10. The van der Waals surface area contributed by atoms with Gasteiger partial charge in [0.1, 0.15) is 6.04 Å². The third-order valence-corrected chi connectivity index (χ3v) is 6.68. The summed E-state index contributed by atoms with van der Waals surface area (Å²) in [6, 6.07) is 9.68. The van der Waals surface area contributed by atoms with Crippen LogP contribution in [0, 0.1) is 18.6 Å². The Hall–Kier alpha value is -3.01. The summed E-state index contributed by atoms with van der Waals surface area (Å²) in [5, 5.41) is 2.89. The van der Waals surface area contributed by atoms with E-state index in [1.807, 2.05) is 52.0 Å². The van der Waals surface area contributed by atoms with E-state index in [1.165, 1.54) is 11.0 Å². The van der Waals surface area contributed by atoms with Crippen molar-refractivity contribution in [2.45, 2.75) is 65.6 Å². The summed E-state index contributed by atoms with van der Waals surface area (Å²) >= 11 is 0. The van der Waals surface area contributed by atoms with Gasteiger partial charge in [-0.15, -0.1) is 0 Å². The van der Waals surface area contributed by atoms with Crippen LogP contribution >= 0.6 is 0 Å². The number of amides is 2. The van der Waals surface area contributed by atoms with Crippen LogP contribution in [0.4, 0.5) is 14.5 Å². The van der Waals surface area contributed by atoms with Crippen molar-refractivity contribution in [1.29, 1.82) is 0 Å². The molecule has 2 amide bonds. The molecule has 10 heteroatoms. The quantitative estimate of drug-likeness (QED) is 0.507. The Morgan fingerprint density at radius 2 is 1.64 bits per heavy atom. The number of sulfonamides is 1.